The lowest BCUT2D eigenvalue weighted by Crippen LogP contribution is -1.99. The van der Waals surface area contributed by atoms with E-state index < -0.39 is 5.97 Å². The second-order valence-electron chi connectivity index (χ2n) is 3.39. The number of carbonyl (C=O) groups is 1. The highest BCUT2D eigenvalue weighted by Gasteiger charge is 2.18. The van der Waals surface area contributed by atoms with Crippen molar-refractivity contribution in [2.75, 3.05) is 0 Å². The summed E-state index contributed by atoms with van der Waals surface area (Å²) in [7, 11) is 0. The maximum absolute atomic E-state index is 10.8. The monoisotopic (exact) mass is 186 g/mol. The van der Waals surface area contributed by atoms with Gasteiger partial charge in [-0.3, -0.25) is 0 Å². The van der Waals surface area contributed by atoms with E-state index in [4.69, 9.17) is 5.11 Å². The van der Waals surface area contributed by atoms with Crippen LogP contribution >= 0.6 is 0 Å². The molecule has 1 saturated carbocycles. The number of aromatic carboxylic acids is 1. The average Bonchev–Trinajstić information content (AvgIpc) is 2.98. The number of hydrogen-bond acceptors (Lipinski definition) is 1. The zero-order valence-corrected chi connectivity index (χ0v) is 7.66. The van der Waals surface area contributed by atoms with Crippen LogP contribution in [0.15, 0.2) is 24.3 Å². The third kappa shape index (κ3) is 1.94. The smallest absolute Gasteiger partial charge is 0.336 e. The minimum absolute atomic E-state index is 0.292. The molecule has 0 aromatic heterocycles. The Morgan fingerprint density at radius 3 is 2.71 bits per heavy atom. The van der Waals surface area contributed by atoms with Crippen LogP contribution in [0.2, 0.25) is 0 Å². The fourth-order valence-electron chi connectivity index (χ4n) is 1.19. The molecule has 0 atom stereocenters. The van der Waals surface area contributed by atoms with Crippen LogP contribution in [0.1, 0.15) is 28.8 Å². The van der Waals surface area contributed by atoms with E-state index in [-0.39, 0.29) is 0 Å². The maximum atomic E-state index is 10.8. The van der Waals surface area contributed by atoms with Crippen molar-refractivity contribution in [2.45, 2.75) is 12.8 Å². The third-order valence-corrected chi connectivity index (χ3v) is 2.15. The first kappa shape index (κ1) is 8.83. The molecule has 14 heavy (non-hydrogen) atoms. The molecule has 2 nitrogen and oxygen atoms in total. The lowest BCUT2D eigenvalue weighted by Gasteiger charge is -1.96. The number of benzene rings is 1. The largest absolute Gasteiger partial charge is 0.478 e. The van der Waals surface area contributed by atoms with Gasteiger partial charge in [0.05, 0.1) is 5.56 Å². The molecule has 0 heterocycles. The van der Waals surface area contributed by atoms with Gasteiger partial charge in [0.2, 0.25) is 0 Å². The van der Waals surface area contributed by atoms with Crippen molar-refractivity contribution >= 4 is 5.97 Å². The van der Waals surface area contributed by atoms with Crippen molar-refractivity contribution < 1.29 is 9.90 Å². The molecule has 0 spiro atoms. The third-order valence-electron chi connectivity index (χ3n) is 2.15. The lowest BCUT2D eigenvalue weighted by atomic mass is 10.1. The highest BCUT2D eigenvalue weighted by Crippen LogP contribution is 2.27. The van der Waals surface area contributed by atoms with Crippen molar-refractivity contribution in [3.8, 4) is 11.8 Å². The normalized spacial score (nSPS) is 14.3. The zero-order valence-electron chi connectivity index (χ0n) is 7.66. The molecule has 0 bridgehead atoms. The molecule has 0 radical (unpaired) electrons. The van der Waals surface area contributed by atoms with Gasteiger partial charge in [0.1, 0.15) is 0 Å². The molecule has 0 amide bonds. The maximum Gasteiger partial charge on any atom is 0.336 e. The zero-order chi connectivity index (χ0) is 9.97. The number of rotatable bonds is 1. The van der Waals surface area contributed by atoms with E-state index in [1.807, 2.05) is 6.07 Å². The molecule has 0 aliphatic heterocycles. The summed E-state index contributed by atoms with van der Waals surface area (Å²) in [5.41, 5.74) is 0.910. The molecule has 2 rings (SSSR count). The van der Waals surface area contributed by atoms with Crippen LogP contribution in [0.4, 0.5) is 0 Å². The Hall–Kier alpha value is -1.75. The summed E-state index contributed by atoms with van der Waals surface area (Å²) in [5, 5.41) is 8.88. The van der Waals surface area contributed by atoms with Crippen LogP contribution in [0.25, 0.3) is 0 Å². The minimum atomic E-state index is -0.911. The molecule has 0 unspecified atom stereocenters. The van der Waals surface area contributed by atoms with Gasteiger partial charge in [0.25, 0.3) is 0 Å². The van der Waals surface area contributed by atoms with E-state index in [1.54, 1.807) is 18.2 Å². The van der Waals surface area contributed by atoms with Crippen LogP contribution in [0.3, 0.4) is 0 Å². The molecule has 1 aromatic rings. The van der Waals surface area contributed by atoms with Gasteiger partial charge in [-0.15, -0.1) is 0 Å². The van der Waals surface area contributed by atoms with Gasteiger partial charge in [-0.1, -0.05) is 24.0 Å². The van der Waals surface area contributed by atoms with Crippen molar-refractivity contribution in [3.05, 3.63) is 35.4 Å². The number of carboxylic acid groups (broad SMARTS) is 1. The van der Waals surface area contributed by atoms with E-state index in [0.717, 1.165) is 12.8 Å². The van der Waals surface area contributed by atoms with Gasteiger partial charge in [-0.05, 0) is 25.0 Å². The lowest BCUT2D eigenvalue weighted by molar-refractivity contribution is 0.0696. The summed E-state index contributed by atoms with van der Waals surface area (Å²) in [6.45, 7) is 0. The molecular weight excluding hydrogens is 176 g/mol. The average molecular weight is 186 g/mol. The number of hydrogen-bond donors (Lipinski definition) is 1. The van der Waals surface area contributed by atoms with Crippen molar-refractivity contribution in [1.29, 1.82) is 0 Å². The predicted molar refractivity (Wildman–Crippen MR) is 53.0 cm³/mol. The Balaban J connectivity index is 2.32. The summed E-state index contributed by atoms with van der Waals surface area (Å²) >= 11 is 0. The Morgan fingerprint density at radius 2 is 2.07 bits per heavy atom. The second-order valence-corrected chi connectivity index (χ2v) is 3.39. The van der Waals surface area contributed by atoms with Crippen molar-refractivity contribution in [2.24, 2.45) is 5.92 Å². The summed E-state index contributed by atoms with van der Waals surface area (Å²) in [4.78, 5) is 10.8. The van der Waals surface area contributed by atoms with Gasteiger partial charge < -0.3 is 5.11 Å². The van der Waals surface area contributed by atoms with Crippen LogP contribution in [0, 0.1) is 17.8 Å². The van der Waals surface area contributed by atoms with E-state index in [1.165, 1.54) is 0 Å². The van der Waals surface area contributed by atoms with Gasteiger partial charge in [-0.2, -0.15) is 0 Å². The van der Waals surface area contributed by atoms with E-state index in [9.17, 15) is 4.79 Å². The first-order valence-corrected chi connectivity index (χ1v) is 4.61. The van der Waals surface area contributed by atoms with Crippen molar-refractivity contribution in [1.82, 2.24) is 0 Å². The van der Waals surface area contributed by atoms with Crippen molar-refractivity contribution in [3.63, 3.8) is 0 Å². The van der Waals surface area contributed by atoms with Crippen LogP contribution in [0.5, 0.6) is 0 Å². The molecular formula is C12H10O2. The second kappa shape index (κ2) is 3.55. The molecule has 1 aliphatic carbocycles. The topological polar surface area (TPSA) is 37.3 Å². The summed E-state index contributed by atoms with van der Waals surface area (Å²) in [6, 6.07) is 6.85. The fourth-order valence-corrected chi connectivity index (χ4v) is 1.19. The minimum Gasteiger partial charge on any atom is -0.478 e. The summed E-state index contributed by atoms with van der Waals surface area (Å²) < 4.78 is 0. The molecule has 1 aromatic carbocycles. The van der Waals surface area contributed by atoms with E-state index >= 15 is 0 Å². The van der Waals surface area contributed by atoms with E-state index in [0.29, 0.717) is 17.0 Å². The molecule has 1 fully saturated rings. The summed E-state index contributed by atoms with van der Waals surface area (Å²) in [5.74, 6) is 5.57. The Labute approximate surface area is 82.6 Å². The van der Waals surface area contributed by atoms with Crippen LogP contribution in [-0.4, -0.2) is 11.1 Å². The first-order chi connectivity index (χ1) is 6.77. The van der Waals surface area contributed by atoms with Crippen LogP contribution in [-0.2, 0) is 0 Å². The van der Waals surface area contributed by atoms with Crippen LogP contribution < -0.4 is 0 Å². The highest BCUT2D eigenvalue weighted by molar-refractivity contribution is 5.90. The Bertz CT molecular complexity index is 419. The quantitative estimate of drug-likeness (QED) is 0.682. The van der Waals surface area contributed by atoms with E-state index in [2.05, 4.69) is 11.8 Å². The molecule has 0 saturated heterocycles. The number of carboxylic acids is 1. The molecule has 2 heteroatoms. The van der Waals surface area contributed by atoms with Gasteiger partial charge in [0, 0.05) is 11.5 Å². The molecule has 1 N–H and O–H groups in total. The Morgan fingerprint density at radius 1 is 1.36 bits per heavy atom. The van der Waals surface area contributed by atoms with Gasteiger partial charge in [0.15, 0.2) is 0 Å². The standard InChI is InChI=1S/C12H10O2/c13-12(14)11-4-2-1-3-10(11)8-7-9-5-6-9/h1-4,9H,5-6H2,(H,13,14). The van der Waals surface area contributed by atoms with Gasteiger partial charge in [-0.25, -0.2) is 4.79 Å². The molecule has 1 aliphatic rings. The summed E-state index contributed by atoms with van der Waals surface area (Å²) in [6.07, 6.45) is 2.31. The SMILES string of the molecule is O=C(O)c1ccccc1C#CC1CC1. The highest BCUT2D eigenvalue weighted by atomic mass is 16.4. The first-order valence-electron chi connectivity index (χ1n) is 4.61. The fraction of sp³-hybridized carbons (Fsp3) is 0.250. The van der Waals surface area contributed by atoms with Gasteiger partial charge >= 0.3 is 5.97 Å². The molecule has 70 valence electrons. The predicted octanol–water partition coefficient (Wildman–Crippen LogP) is 2.15. The Kier molecular flexibility index (Phi) is 2.24.